The Morgan fingerprint density at radius 3 is 2.57 bits per heavy atom. The van der Waals surface area contributed by atoms with Crippen LogP contribution in [0.15, 0.2) is 53.5 Å². The standard InChI is InChI=1S/C21H26ClFN4O2.HI/c1-3-24-21(27-14-15(2)29-17-8-6-7-16(23)13-17)26-12-11-25-20(28)18-9-4-5-10-19(18)22;/h4-10,13,15H,3,11-12,14H2,1-2H3,(H,25,28)(H2,24,26,27);1H. The van der Waals surface area contributed by atoms with Gasteiger partial charge in [0.1, 0.15) is 17.7 Å². The van der Waals surface area contributed by atoms with Gasteiger partial charge in [-0.25, -0.2) is 9.38 Å². The number of hydrogen-bond acceptors (Lipinski definition) is 3. The highest BCUT2D eigenvalue weighted by Crippen LogP contribution is 2.14. The summed E-state index contributed by atoms with van der Waals surface area (Å²) in [6.45, 7) is 5.80. The van der Waals surface area contributed by atoms with Crippen molar-refractivity contribution >= 4 is 47.4 Å². The third kappa shape index (κ3) is 9.17. The topological polar surface area (TPSA) is 74.8 Å². The van der Waals surface area contributed by atoms with Crippen molar-refractivity contribution in [3.63, 3.8) is 0 Å². The van der Waals surface area contributed by atoms with Gasteiger partial charge in [0.25, 0.3) is 5.91 Å². The smallest absolute Gasteiger partial charge is 0.252 e. The molecule has 164 valence electrons. The van der Waals surface area contributed by atoms with E-state index in [1.165, 1.54) is 12.1 Å². The van der Waals surface area contributed by atoms with Gasteiger partial charge in [-0.05, 0) is 38.1 Å². The highest BCUT2D eigenvalue weighted by atomic mass is 127. The van der Waals surface area contributed by atoms with Crippen molar-refractivity contribution in [2.75, 3.05) is 26.2 Å². The molecule has 1 atom stereocenters. The molecule has 0 aliphatic carbocycles. The monoisotopic (exact) mass is 548 g/mol. The summed E-state index contributed by atoms with van der Waals surface area (Å²) in [4.78, 5) is 16.6. The first kappa shape index (κ1) is 26.0. The first-order valence-electron chi connectivity index (χ1n) is 9.46. The fourth-order valence-corrected chi connectivity index (χ4v) is 2.69. The summed E-state index contributed by atoms with van der Waals surface area (Å²) in [6.07, 6.45) is -0.229. The van der Waals surface area contributed by atoms with Crippen LogP contribution in [0.4, 0.5) is 4.39 Å². The SMILES string of the molecule is CCNC(=NCC(C)Oc1cccc(F)c1)NCCNC(=O)c1ccccc1Cl.I. The largest absolute Gasteiger partial charge is 0.489 e. The predicted molar refractivity (Wildman–Crippen MR) is 130 cm³/mol. The molecule has 2 aromatic carbocycles. The molecule has 0 radical (unpaired) electrons. The van der Waals surface area contributed by atoms with Crippen LogP contribution in [-0.2, 0) is 0 Å². The van der Waals surface area contributed by atoms with Crippen LogP contribution in [0.2, 0.25) is 5.02 Å². The number of nitrogens with one attached hydrogen (secondary N) is 3. The second-order valence-corrected chi connectivity index (χ2v) is 6.68. The maximum Gasteiger partial charge on any atom is 0.252 e. The van der Waals surface area contributed by atoms with E-state index < -0.39 is 0 Å². The summed E-state index contributed by atoms with van der Waals surface area (Å²) in [5.74, 6) is 0.505. The molecule has 30 heavy (non-hydrogen) atoms. The van der Waals surface area contributed by atoms with E-state index in [2.05, 4.69) is 20.9 Å². The third-order valence-electron chi connectivity index (χ3n) is 3.81. The van der Waals surface area contributed by atoms with Crippen molar-refractivity contribution in [3.8, 4) is 5.75 Å². The summed E-state index contributed by atoms with van der Waals surface area (Å²) >= 11 is 6.02. The Kier molecular flexibility index (Phi) is 12.1. The van der Waals surface area contributed by atoms with Crippen molar-refractivity contribution in [1.29, 1.82) is 0 Å². The number of carbonyl (C=O) groups excluding carboxylic acids is 1. The Morgan fingerprint density at radius 2 is 1.87 bits per heavy atom. The predicted octanol–water partition coefficient (Wildman–Crippen LogP) is 3.85. The van der Waals surface area contributed by atoms with Crippen molar-refractivity contribution in [2.24, 2.45) is 4.99 Å². The van der Waals surface area contributed by atoms with Gasteiger partial charge < -0.3 is 20.7 Å². The molecule has 0 aromatic heterocycles. The minimum Gasteiger partial charge on any atom is -0.489 e. The number of benzene rings is 2. The second-order valence-electron chi connectivity index (χ2n) is 6.27. The lowest BCUT2D eigenvalue weighted by atomic mass is 10.2. The van der Waals surface area contributed by atoms with E-state index in [9.17, 15) is 9.18 Å². The van der Waals surface area contributed by atoms with Crippen LogP contribution in [-0.4, -0.2) is 44.1 Å². The lowest BCUT2D eigenvalue weighted by Crippen LogP contribution is -2.42. The van der Waals surface area contributed by atoms with Crippen LogP contribution >= 0.6 is 35.6 Å². The zero-order valence-corrected chi connectivity index (χ0v) is 20.0. The van der Waals surface area contributed by atoms with Crippen LogP contribution in [0.5, 0.6) is 5.75 Å². The number of ether oxygens (including phenoxy) is 1. The van der Waals surface area contributed by atoms with Crippen molar-refractivity contribution in [3.05, 3.63) is 64.9 Å². The molecule has 2 rings (SSSR count). The average molecular weight is 549 g/mol. The van der Waals surface area contributed by atoms with E-state index >= 15 is 0 Å². The number of amides is 1. The molecule has 9 heteroatoms. The number of aliphatic imine (C=N–C) groups is 1. The van der Waals surface area contributed by atoms with Gasteiger partial charge in [-0.3, -0.25) is 4.79 Å². The summed E-state index contributed by atoms with van der Waals surface area (Å²) < 4.78 is 18.9. The molecule has 0 bridgehead atoms. The first-order valence-corrected chi connectivity index (χ1v) is 9.84. The molecule has 0 saturated heterocycles. The molecule has 1 unspecified atom stereocenters. The van der Waals surface area contributed by atoms with Gasteiger partial charge in [0.2, 0.25) is 0 Å². The lowest BCUT2D eigenvalue weighted by molar-refractivity contribution is 0.0954. The molecule has 0 spiro atoms. The Labute approximate surface area is 198 Å². The van der Waals surface area contributed by atoms with Gasteiger partial charge in [-0.1, -0.05) is 29.8 Å². The minimum absolute atomic E-state index is 0. The molecular weight excluding hydrogens is 522 g/mol. The number of hydrogen-bond donors (Lipinski definition) is 3. The molecule has 0 aliphatic rings. The van der Waals surface area contributed by atoms with Crippen LogP contribution in [0.1, 0.15) is 24.2 Å². The molecule has 2 aromatic rings. The van der Waals surface area contributed by atoms with E-state index in [0.717, 1.165) is 0 Å². The van der Waals surface area contributed by atoms with E-state index in [0.29, 0.717) is 48.5 Å². The fourth-order valence-electron chi connectivity index (χ4n) is 2.47. The maximum absolute atomic E-state index is 13.2. The Balaban J connectivity index is 0.00000450. The quantitative estimate of drug-likeness (QED) is 0.193. The molecule has 3 N–H and O–H groups in total. The van der Waals surface area contributed by atoms with Gasteiger partial charge in [0.15, 0.2) is 5.96 Å². The molecule has 1 amide bonds. The Hall–Kier alpha value is -2.07. The molecule has 0 aliphatic heterocycles. The second kappa shape index (κ2) is 14.0. The average Bonchev–Trinajstić information content (AvgIpc) is 2.69. The Morgan fingerprint density at radius 1 is 1.13 bits per heavy atom. The third-order valence-corrected chi connectivity index (χ3v) is 4.14. The van der Waals surface area contributed by atoms with Gasteiger partial charge >= 0.3 is 0 Å². The summed E-state index contributed by atoms with van der Waals surface area (Å²) in [7, 11) is 0. The van der Waals surface area contributed by atoms with Crippen LogP contribution in [0, 0.1) is 5.82 Å². The number of nitrogens with zero attached hydrogens (tertiary/aromatic N) is 1. The fraction of sp³-hybridized carbons (Fsp3) is 0.333. The van der Waals surface area contributed by atoms with E-state index in [-0.39, 0.29) is 41.8 Å². The summed E-state index contributed by atoms with van der Waals surface area (Å²) in [5, 5.41) is 9.50. The minimum atomic E-state index is -0.341. The summed E-state index contributed by atoms with van der Waals surface area (Å²) in [6, 6.07) is 12.9. The molecule has 0 heterocycles. The van der Waals surface area contributed by atoms with Gasteiger partial charge in [0.05, 0.1) is 17.1 Å². The molecule has 6 nitrogen and oxygen atoms in total. The van der Waals surface area contributed by atoms with Gasteiger partial charge in [-0.15, -0.1) is 24.0 Å². The van der Waals surface area contributed by atoms with Crippen LogP contribution in [0.25, 0.3) is 0 Å². The van der Waals surface area contributed by atoms with Crippen LogP contribution in [0.3, 0.4) is 0 Å². The highest BCUT2D eigenvalue weighted by molar-refractivity contribution is 14.0. The number of halogens is 3. The van der Waals surface area contributed by atoms with Gasteiger partial charge in [-0.2, -0.15) is 0 Å². The number of carbonyl (C=O) groups is 1. The van der Waals surface area contributed by atoms with Gasteiger partial charge in [0, 0.05) is 25.7 Å². The lowest BCUT2D eigenvalue weighted by Gasteiger charge is -2.15. The van der Waals surface area contributed by atoms with Crippen LogP contribution < -0.4 is 20.7 Å². The molecule has 0 fully saturated rings. The van der Waals surface area contributed by atoms with Crippen molar-refractivity contribution in [1.82, 2.24) is 16.0 Å². The molecular formula is C21H27ClFIN4O2. The van der Waals surface area contributed by atoms with E-state index in [1.54, 1.807) is 36.4 Å². The van der Waals surface area contributed by atoms with E-state index in [4.69, 9.17) is 16.3 Å². The number of guanidine groups is 1. The summed E-state index contributed by atoms with van der Waals surface area (Å²) in [5.41, 5.74) is 0.443. The van der Waals surface area contributed by atoms with E-state index in [1.807, 2.05) is 13.8 Å². The first-order chi connectivity index (χ1) is 14.0. The maximum atomic E-state index is 13.2. The highest BCUT2D eigenvalue weighted by Gasteiger charge is 2.09. The Bertz CT molecular complexity index is 838. The van der Waals surface area contributed by atoms with Crippen molar-refractivity contribution in [2.45, 2.75) is 20.0 Å². The normalized spacial score (nSPS) is 11.8. The van der Waals surface area contributed by atoms with Crippen molar-refractivity contribution < 1.29 is 13.9 Å². The zero-order valence-electron chi connectivity index (χ0n) is 17.0. The zero-order chi connectivity index (χ0) is 21.1. The molecule has 0 saturated carbocycles. The number of rotatable bonds is 9.